The summed E-state index contributed by atoms with van der Waals surface area (Å²) in [6.45, 7) is 5.36. The van der Waals surface area contributed by atoms with E-state index >= 15 is 0 Å². The molecule has 90 valence electrons. The lowest BCUT2D eigenvalue weighted by atomic mass is 10.2. The molecule has 16 heavy (non-hydrogen) atoms. The number of hydrogen-bond donors (Lipinski definition) is 0. The fourth-order valence-corrected chi connectivity index (χ4v) is 1.96. The minimum atomic E-state index is 0.966. The highest BCUT2D eigenvalue weighted by Gasteiger charge is 2.07. The van der Waals surface area contributed by atoms with Crippen LogP contribution >= 0.6 is 15.9 Å². The molecule has 0 atom stereocenters. The normalized spacial score (nSPS) is 10.8. The van der Waals surface area contributed by atoms with Crippen molar-refractivity contribution in [3.05, 3.63) is 29.8 Å². The molecule has 0 aliphatic carbocycles. The number of halogens is 1. The molecule has 0 unspecified atom stereocenters. The van der Waals surface area contributed by atoms with Crippen molar-refractivity contribution < 1.29 is 4.74 Å². The molecule has 0 saturated carbocycles. The second kappa shape index (κ2) is 7.69. The molecular formula is C13H20BrNO. The lowest BCUT2D eigenvalue weighted by Crippen LogP contribution is -2.24. The zero-order valence-corrected chi connectivity index (χ0v) is 11.7. The predicted octanol–water partition coefficient (Wildman–Crippen LogP) is 3.30. The average molecular weight is 286 g/mol. The molecule has 0 saturated heterocycles. The van der Waals surface area contributed by atoms with Crippen molar-refractivity contribution in [1.29, 1.82) is 0 Å². The standard InChI is InChI=1S/C13H20BrNO/c1-3-15(10-6-9-14)11-12-7-4-5-8-13(12)16-2/h4-5,7-8H,3,6,9-11H2,1-2H3. The van der Waals surface area contributed by atoms with Crippen LogP contribution in [-0.2, 0) is 6.54 Å². The molecule has 0 aromatic heterocycles. The third kappa shape index (κ3) is 4.14. The van der Waals surface area contributed by atoms with Gasteiger partial charge in [-0.25, -0.2) is 0 Å². The van der Waals surface area contributed by atoms with Crippen molar-refractivity contribution in [2.45, 2.75) is 19.9 Å². The Balaban J connectivity index is 2.62. The predicted molar refractivity (Wildman–Crippen MR) is 72.4 cm³/mol. The van der Waals surface area contributed by atoms with Crippen LogP contribution in [0.1, 0.15) is 18.9 Å². The van der Waals surface area contributed by atoms with Crippen molar-refractivity contribution in [3.63, 3.8) is 0 Å². The molecule has 3 heteroatoms. The van der Waals surface area contributed by atoms with Gasteiger partial charge in [0.25, 0.3) is 0 Å². The maximum absolute atomic E-state index is 5.36. The number of hydrogen-bond acceptors (Lipinski definition) is 2. The van der Waals surface area contributed by atoms with Gasteiger partial charge >= 0.3 is 0 Å². The number of alkyl halides is 1. The van der Waals surface area contributed by atoms with Gasteiger partial charge < -0.3 is 4.74 Å². The molecule has 0 spiro atoms. The maximum atomic E-state index is 5.36. The van der Waals surface area contributed by atoms with Crippen molar-refractivity contribution >= 4 is 15.9 Å². The van der Waals surface area contributed by atoms with Crippen LogP contribution in [0.15, 0.2) is 24.3 Å². The molecule has 0 fully saturated rings. The van der Waals surface area contributed by atoms with Gasteiger partial charge in [0.05, 0.1) is 7.11 Å². The maximum Gasteiger partial charge on any atom is 0.123 e. The van der Waals surface area contributed by atoms with E-state index in [1.54, 1.807) is 7.11 Å². The van der Waals surface area contributed by atoms with Gasteiger partial charge in [0.2, 0.25) is 0 Å². The Kier molecular flexibility index (Phi) is 6.50. The van der Waals surface area contributed by atoms with Gasteiger partial charge in [0, 0.05) is 17.4 Å². The Hall–Kier alpha value is -0.540. The van der Waals surface area contributed by atoms with Crippen molar-refractivity contribution in [1.82, 2.24) is 4.90 Å². The van der Waals surface area contributed by atoms with Crippen LogP contribution in [0.2, 0.25) is 0 Å². The van der Waals surface area contributed by atoms with Crippen LogP contribution in [0.5, 0.6) is 5.75 Å². The van der Waals surface area contributed by atoms with Crippen molar-refractivity contribution in [2.75, 3.05) is 25.5 Å². The van der Waals surface area contributed by atoms with Gasteiger partial charge in [0.1, 0.15) is 5.75 Å². The minimum absolute atomic E-state index is 0.966. The number of nitrogens with zero attached hydrogens (tertiary/aromatic N) is 1. The second-order valence-electron chi connectivity index (χ2n) is 3.72. The first-order chi connectivity index (χ1) is 7.81. The highest BCUT2D eigenvalue weighted by molar-refractivity contribution is 9.09. The number of ether oxygens (including phenoxy) is 1. The van der Waals surface area contributed by atoms with Crippen LogP contribution in [0.3, 0.4) is 0 Å². The quantitative estimate of drug-likeness (QED) is 0.713. The molecule has 0 aliphatic heterocycles. The zero-order valence-electron chi connectivity index (χ0n) is 10.1. The van der Waals surface area contributed by atoms with Crippen molar-refractivity contribution in [2.24, 2.45) is 0 Å². The summed E-state index contributed by atoms with van der Waals surface area (Å²) in [7, 11) is 1.73. The monoisotopic (exact) mass is 285 g/mol. The van der Waals surface area contributed by atoms with E-state index in [0.29, 0.717) is 0 Å². The summed E-state index contributed by atoms with van der Waals surface area (Å²) in [6, 6.07) is 8.23. The van der Waals surface area contributed by atoms with E-state index in [0.717, 1.165) is 30.7 Å². The average Bonchev–Trinajstić information content (AvgIpc) is 2.34. The molecule has 1 aromatic carbocycles. The van der Waals surface area contributed by atoms with Gasteiger partial charge in [-0.15, -0.1) is 0 Å². The Morgan fingerprint density at radius 1 is 1.31 bits per heavy atom. The Morgan fingerprint density at radius 2 is 2.06 bits per heavy atom. The highest BCUT2D eigenvalue weighted by atomic mass is 79.9. The highest BCUT2D eigenvalue weighted by Crippen LogP contribution is 2.19. The number of rotatable bonds is 7. The summed E-state index contributed by atoms with van der Waals surface area (Å²) in [6.07, 6.45) is 1.18. The van der Waals surface area contributed by atoms with Crippen LogP contribution in [-0.4, -0.2) is 30.4 Å². The smallest absolute Gasteiger partial charge is 0.123 e. The first-order valence-corrected chi connectivity index (χ1v) is 6.84. The molecule has 0 amide bonds. The van der Waals surface area contributed by atoms with E-state index in [1.165, 1.54) is 12.0 Å². The molecule has 0 radical (unpaired) electrons. The van der Waals surface area contributed by atoms with Gasteiger partial charge in [-0.3, -0.25) is 4.90 Å². The lowest BCUT2D eigenvalue weighted by Gasteiger charge is -2.21. The van der Waals surface area contributed by atoms with E-state index in [-0.39, 0.29) is 0 Å². The van der Waals surface area contributed by atoms with Crippen LogP contribution < -0.4 is 4.74 Å². The van der Waals surface area contributed by atoms with E-state index in [1.807, 2.05) is 12.1 Å². The molecule has 0 heterocycles. The van der Waals surface area contributed by atoms with Gasteiger partial charge in [-0.1, -0.05) is 41.1 Å². The molecular weight excluding hydrogens is 266 g/mol. The van der Waals surface area contributed by atoms with E-state index < -0.39 is 0 Å². The van der Waals surface area contributed by atoms with Gasteiger partial charge in [0.15, 0.2) is 0 Å². The van der Waals surface area contributed by atoms with E-state index in [4.69, 9.17) is 4.74 Å². The summed E-state index contributed by atoms with van der Waals surface area (Å²) in [5, 5.41) is 1.06. The SMILES string of the molecule is CCN(CCCBr)Cc1ccccc1OC. The summed E-state index contributed by atoms with van der Waals surface area (Å²) in [5.74, 6) is 0.986. The van der Waals surface area contributed by atoms with E-state index in [2.05, 4.69) is 39.9 Å². The van der Waals surface area contributed by atoms with Gasteiger partial charge in [-0.2, -0.15) is 0 Å². The Labute approximate surface area is 107 Å². The molecule has 0 bridgehead atoms. The summed E-state index contributed by atoms with van der Waals surface area (Å²) in [5.41, 5.74) is 1.27. The van der Waals surface area contributed by atoms with Crippen molar-refractivity contribution in [3.8, 4) is 5.75 Å². The summed E-state index contributed by atoms with van der Waals surface area (Å²) < 4.78 is 5.36. The largest absolute Gasteiger partial charge is 0.496 e. The first kappa shape index (κ1) is 13.5. The lowest BCUT2D eigenvalue weighted by molar-refractivity contribution is 0.276. The molecule has 1 aromatic rings. The topological polar surface area (TPSA) is 12.5 Å². The number of benzene rings is 1. The summed E-state index contributed by atoms with van der Waals surface area (Å²) >= 11 is 3.47. The van der Waals surface area contributed by atoms with E-state index in [9.17, 15) is 0 Å². The third-order valence-electron chi connectivity index (χ3n) is 2.64. The molecule has 0 aliphatic rings. The zero-order chi connectivity index (χ0) is 11.8. The van der Waals surface area contributed by atoms with Crippen LogP contribution in [0.4, 0.5) is 0 Å². The van der Waals surface area contributed by atoms with Gasteiger partial charge in [-0.05, 0) is 25.6 Å². The fraction of sp³-hybridized carbons (Fsp3) is 0.538. The first-order valence-electron chi connectivity index (χ1n) is 5.72. The fourth-order valence-electron chi connectivity index (χ4n) is 1.71. The number of para-hydroxylation sites is 1. The number of methoxy groups -OCH3 is 1. The molecule has 1 rings (SSSR count). The Bertz CT molecular complexity index is 304. The molecule has 0 N–H and O–H groups in total. The third-order valence-corrected chi connectivity index (χ3v) is 3.20. The summed E-state index contributed by atoms with van der Waals surface area (Å²) in [4.78, 5) is 2.43. The minimum Gasteiger partial charge on any atom is -0.496 e. The van der Waals surface area contributed by atoms with Crippen LogP contribution in [0.25, 0.3) is 0 Å². The Morgan fingerprint density at radius 3 is 2.69 bits per heavy atom. The van der Waals surface area contributed by atoms with Crippen LogP contribution in [0, 0.1) is 0 Å². The molecule has 2 nitrogen and oxygen atoms in total. The second-order valence-corrected chi connectivity index (χ2v) is 4.52.